The fraction of sp³-hybridized carbons (Fsp3) is 0.625. The van der Waals surface area contributed by atoms with E-state index >= 15 is 4.39 Å². The minimum atomic E-state index is -1.80. The first-order chi connectivity index (χ1) is 10.6. The van der Waals surface area contributed by atoms with E-state index in [4.69, 9.17) is 16.3 Å². The SMILES string of the molecule is CC(C)(C)OC(=O)N1CCC(F)(C(O)c2ccc(Cl)nc2)CC1. The van der Waals surface area contributed by atoms with Gasteiger partial charge in [-0.25, -0.2) is 14.2 Å². The van der Waals surface area contributed by atoms with Gasteiger partial charge in [-0.2, -0.15) is 0 Å². The molecule has 5 nitrogen and oxygen atoms in total. The van der Waals surface area contributed by atoms with E-state index in [0.717, 1.165) is 0 Å². The van der Waals surface area contributed by atoms with Gasteiger partial charge < -0.3 is 14.7 Å². The molecule has 1 N–H and O–H groups in total. The Balaban J connectivity index is 1.99. The fourth-order valence-electron chi connectivity index (χ4n) is 2.51. The van der Waals surface area contributed by atoms with E-state index in [1.807, 2.05) is 0 Å². The maximum atomic E-state index is 15.0. The smallest absolute Gasteiger partial charge is 0.410 e. The molecule has 0 bridgehead atoms. The van der Waals surface area contributed by atoms with Crippen LogP contribution >= 0.6 is 11.6 Å². The Morgan fingerprint density at radius 2 is 2.04 bits per heavy atom. The molecule has 0 spiro atoms. The standard InChI is InChI=1S/C16H22ClFN2O3/c1-15(2,3)23-14(22)20-8-6-16(18,7-9-20)13(21)11-4-5-12(17)19-10-11/h4-5,10,13,21H,6-9H2,1-3H3. The molecule has 1 saturated heterocycles. The maximum Gasteiger partial charge on any atom is 0.410 e. The Bertz CT molecular complexity index is 551. The molecule has 1 atom stereocenters. The van der Waals surface area contributed by atoms with Crippen LogP contribution in [0.4, 0.5) is 9.18 Å². The number of hydrogen-bond acceptors (Lipinski definition) is 4. The number of carbonyl (C=O) groups is 1. The molecule has 1 amide bonds. The second-order valence-electron chi connectivity index (χ2n) is 6.82. The summed E-state index contributed by atoms with van der Waals surface area (Å²) in [6.07, 6.45) is -0.309. The average Bonchev–Trinajstić information content (AvgIpc) is 2.46. The third-order valence-electron chi connectivity index (χ3n) is 3.80. The summed E-state index contributed by atoms with van der Waals surface area (Å²) in [6, 6.07) is 3.07. The van der Waals surface area contributed by atoms with E-state index in [-0.39, 0.29) is 31.1 Å². The molecule has 0 aromatic carbocycles. The summed E-state index contributed by atoms with van der Waals surface area (Å²) in [7, 11) is 0. The van der Waals surface area contributed by atoms with Crippen LogP contribution < -0.4 is 0 Å². The zero-order valence-electron chi connectivity index (χ0n) is 13.6. The molecule has 7 heteroatoms. The van der Waals surface area contributed by atoms with Crippen LogP contribution in [0.2, 0.25) is 5.15 Å². The lowest BCUT2D eigenvalue weighted by Crippen LogP contribution is -2.48. The molecule has 128 valence electrons. The summed E-state index contributed by atoms with van der Waals surface area (Å²) >= 11 is 5.70. The number of rotatable bonds is 2. The van der Waals surface area contributed by atoms with Crippen molar-refractivity contribution in [3.05, 3.63) is 29.0 Å². The number of halogens is 2. The molecule has 0 saturated carbocycles. The fourth-order valence-corrected chi connectivity index (χ4v) is 2.62. The number of amides is 1. The molecule has 1 aliphatic heterocycles. The molecular weight excluding hydrogens is 323 g/mol. The molecule has 2 heterocycles. The molecule has 1 aliphatic rings. The number of carbonyl (C=O) groups excluding carboxylic acids is 1. The summed E-state index contributed by atoms with van der Waals surface area (Å²) in [5.41, 5.74) is -2.01. The van der Waals surface area contributed by atoms with Crippen molar-refractivity contribution in [3.63, 3.8) is 0 Å². The van der Waals surface area contributed by atoms with Crippen LogP contribution in [0.15, 0.2) is 18.3 Å². The van der Waals surface area contributed by atoms with Crippen molar-refractivity contribution in [1.29, 1.82) is 0 Å². The molecule has 0 aliphatic carbocycles. The van der Waals surface area contributed by atoms with E-state index in [1.54, 1.807) is 26.8 Å². The number of aliphatic hydroxyl groups is 1. The van der Waals surface area contributed by atoms with Crippen LogP contribution in [0, 0.1) is 0 Å². The van der Waals surface area contributed by atoms with Crippen LogP contribution in [0.5, 0.6) is 0 Å². The Hall–Kier alpha value is -1.40. The summed E-state index contributed by atoms with van der Waals surface area (Å²) in [5.74, 6) is 0. The van der Waals surface area contributed by atoms with Crippen molar-refractivity contribution in [2.24, 2.45) is 0 Å². The van der Waals surface area contributed by atoms with Crippen molar-refractivity contribution in [2.45, 2.75) is 51.0 Å². The lowest BCUT2D eigenvalue weighted by Gasteiger charge is -2.39. The van der Waals surface area contributed by atoms with Crippen molar-refractivity contribution in [2.75, 3.05) is 13.1 Å². The molecule has 1 aromatic heterocycles. The first-order valence-corrected chi connectivity index (χ1v) is 7.95. The van der Waals surface area contributed by atoms with Crippen molar-refractivity contribution < 1.29 is 19.0 Å². The second kappa shape index (κ2) is 6.61. The van der Waals surface area contributed by atoms with Gasteiger partial charge in [0.1, 0.15) is 22.5 Å². The lowest BCUT2D eigenvalue weighted by molar-refractivity contribution is -0.0561. The highest BCUT2D eigenvalue weighted by Crippen LogP contribution is 2.38. The van der Waals surface area contributed by atoms with Gasteiger partial charge in [0.2, 0.25) is 0 Å². The van der Waals surface area contributed by atoms with Gasteiger partial charge in [0.05, 0.1) is 0 Å². The van der Waals surface area contributed by atoms with Crippen LogP contribution in [-0.2, 0) is 4.74 Å². The highest BCUT2D eigenvalue weighted by atomic mass is 35.5. The maximum absolute atomic E-state index is 15.0. The first kappa shape index (κ1) is 17.9. The van der Waals surface area contributed by atoms with Gasteiger partial charge in [0.15, 0.2) is 0 Å². The van der Waals surface area contributed by atoms with Crippen LogP contribution in [0.1, 0.15) is 45.3 Å². The molecular formula is C16H22ClFN2O3. The van der Waals surface area contributed by atoms with E-state index in [2.05, 4.69) is 4.98 Å². The number of aliphatic hydroxyl groups excluding tert-OH is 1. The number of piperidine rings is 1. The van der Waals surface area contributed by atoms with Gasteiger partial charge in [-0.05, 0) is 26.8 Å². The number of alkyl halides is 1. The minimum absolute atomic E-state index is 0.0377. The number of aromatic nitrogens is 1. The van der Waals surface area contributed by atoms with E-state index in [9.17, 15) is 9.90 Å². The van der Waals surface area contributed by atoms with Crippen molar-refractivity contribution in [1.82, 2.24) is 9.88 Å². The molecule has 1 unspecified atom stereocenters. The minimum Gasteiger partial charge on any atom is -0.444 e. The van der Waals surface area contributed by atoms with Crippen LogP contribution in [-0.4, -0.2) is 45.4 Å². The topological polar surface area (TPSA) is 62.7 Å². The quantitative estimate of drug-likeness (QED) is 0.834. The Morgan fingerprint density at radius 1 is 1.43 bits per heavy atom. The van der Waals surface area contributed by atoms with E-state index in [0.29, 0.717) is 5.56 Å². The van der Waals surface area contributed by atoms with Gasteiger partial charge >= 0.3 is 6.09 Å². The average molecular weight is 345 g/mol. The lowest BCUT2D eigenvalue weighted by atomic mass is 9.85. The van der Waals surface area contributed by atoms with Gasteiger partial charge in [-0.3, -0.25) is 0 Å². The highest BCUT2D eigenvalue weighted by molar-refractivity contribution is 6.29. The third kappa shape index (κ3) is 4.54. The molecule has 23 heavy (non-hydrogen) atoms. The predicted octanol–water partition coefficient (Wildman–Crippen LogP) is 3.51. The molecule has 1 fully saturated rings. The zero-order chi connectivity index (χ0) is 17.3. The van der Waals surface area contributed by atoms with E-state index in [1.165, 1.54) is 17.2 Å². The largest absolute Gasteiger partial charge is 0.444 e. The Labute approximate surface area is 140 Å². The predicted molar refractivity (Wildman–Crippen MR) is 85.1 cm³/mol. The van der Waals surface area contributed by atoms with Gasteiger partial charge in [0, 0.05) is 37.7 Å². The number of likely N-dealkylation sites (tertiary alicyclic amines) is 1. The van der Waals surface area contributed by atoms with Crippen LogP contribution in [0.25, 0.3) is 0 Å². The van der Waals surface area contributed by atoms with Crippen molar-refractivity contribution >= 4 is 17.7 Å². The number of hydrogen-bond donors (Lipinski definition) is 1. The van der Waals surface area contributed by atoms with Crippen molar-refractivity contribution in [3.8, 4) is 0 Å². The zero-order valence-corrected chi connectivity index (χ0v) is 14.3. The monoisotopic (exact) mass is 344 g/mol. The number of ether oxygens (including phenoxy) is 1. The highest BCUT2D eigenvalue weighted by Gasteiger charge is 2.43. The second-order valence-corrected chi connectivity index (χ2v) is 7.21. The first-order valence-electron chi connectivity index (χ1n) is 7.57. The summed E-state index contributed by atoms with van der Waals surface area (Å²) < 4.78 is 20.3. The van der Waals surface area contributed by atoms with Gasteiger partial charge in [-0.1, -0.05) is 17.7 Å². The summed E-state index contributed by atoms with van der Waals surface area (Å²) in [5, 5.41) is 10.6. The molecule has 1 aromatic rings. The molecule has 0 radical (unpaired) electrons. The molecule has 2 rings (SSSR count). The summed E-state index contributed by atoms with van der Waals surface area (Å²) in [4.78, 5) is 17.3. The Morgan fingerprint density at radius 3 is 2.52 bits per heavy atom. The third-order valence-corrected chi connectivity index (χ3v) is 4.03. The Kier molecular flexibility index (Phi) is 5.16. The summed E-state index contributed by atoms with van der Waals surface area (Å²) in [6.45, 7) is 5.75. The van der Waals surface area contributed by atoms with E-state index < -0.39 is 23.5 Å². The normalized spacial score (nSPS) is 19.3. The van der Waals surface area contributed by atoms with Crippen LogP contribution in [0.3, 0.4) is 0 Å². The number of nitrogens with zero attached hydrogens (tertiary/aromatic N) is 2. The number of pyridine rings is 1. The van der Waals surface area contributed by atoms with Gasteiger partial charge in [0.25, 0.3) is 0 Å². The van der Waals surface area contributed by atoms with Gasteiger partial charge in [-0.15, -0.1) is 0 Å².